The van der Waals surface area contributed by atoms with Gasteiger partial charge in [-0.05, 0) is 55.3 Å². The SMILES string of the molecule is COc1ccc(Cc2nc3ccccc3n2CC(=O)Nc2ccc(C)cc2C)cc1. The number of hydrogen-bond acceptors (Lipinski definition) is 3. The third-order valence-corrected chi connectivity index (χ3v) is 5.21. The van der Waals surface area contributed by atoms with Crippen molar-refractivity contribution in [3.63, 3.8) is 0 Å². The second-order valence-electron chi connectivity index (χ2n) is 7.49. The van der Waals surface area contributed by atoms with Gasteiger partial charge in [0.15, 0.2) is 0 Å². The number of nitrogens with one attached hydrogen (secondary N) is 1. The Morgan fingerprint density at radius 3 is 2.53 bits per heavy atom. The number of methoxy groups -OCH3 is 1. The van der Waals surface area contributed by atoms with Crippen molar-refractivity contribution in [3.05, 3.63) is 89.2 Å². The molecule has 0 spiro atoms. The summed E-state index contributed by atoms with van der Waals surface area (Å²) in [5.41, 5.74) is 6.02. The number of para-hydroxylation sites is 2. The number of rotatable bonds is 6. The summed E-state index contributed by atoms with van der Waals surface area (Å²) in [5, 5.41) is 3.04. The summed E-state index contributed by atoms with van der Waals surface area (Å²) in [5.74, 6) is 1.61. The predicted octanol–water partition coefficient (Wildman–Crippen LogP) is 4.89. The van der Waals surface area contributed by atoms with Crippen molar-refractivity contribution in [2.75, 3.05) is 12.4 Å². The molecule has 5 nitrogen and oxygen atoms in total. The van der Waals surface area contributed by atoms with Crippen LogP contribution in [0.1, 0.15) is 22.5 Å². The molecule has 1 aromatic heterocycles. The number of amides is 1. The molecule has 0 aliphatic heterocycles. The van der Waals surface area contributed by atoms with E-state index in [1.54, 1.807) is 7.11 Å². The molecule has 0 bridgehead atoms. The van der Waals surface area contributed by atoms with Gasteiger partial charge in [-0.25, -0.2) is 4.98 Å². The van der Waals surface area contributed by atoms with Gasteiger partial charge in [-0.15, -0.1) is 0 Å². The number of hydrogen-bond donors (Lipinski definition) is 1. The molecule has 5 heteroatoms. The van der Waals surface area contributed by atoms with E-state index < -0.39 is 0 Å². The molecule has 0 aliphatic carbocycles. The van der Waals surface area contributed by atoms with Crippen molar-refractivity contribution in [3.8, 4) is 5.75 Å². The van der Waals surface area contributed by atoms with Crippen molar-refractivity contribution in [2.45, 2.75) is 26.8 Å². The van der Waals surface area contributed by atoms with E-state index in [-0.39, 0.29) is 12.5 Å². The number of carbonyl (C=O) groups is 1. The second kappa shape index (κ2) is 8.41. The monoisotopic (exact) mass is 399 g/mol. The van der Waals surface area contributed by atoms with Crippen LogP contribution in [0, 0.1) is 13.8 Å². The molecule has 0 unspecified atom stereocenters. The van der Waals surface area contributed by atoms with Crippen LogP contribution in [0.5, 0.6) is 5.75 Å². The Hall–Kier alpha value is -3.60. The van der Waals surface area contributed by atoms with Gasteiger partial charge in [0, 0.05) is 12.1 Å². The van der Waals surface area contributed by atoms with Crippen LogP contribution in [0.3, 0.4) is 0 Å². The van der Waals surface area contributed by atoms with Gasteiger partial charge in [-0.2, -0.15) is 0 Å². The molecular formula is C25H25N3O2. The van der Waals surface area contributed by atoms with Gasteiger partial charge in [0.1, 0.15) is 18.1 Å². The molecule has 0 radical (unpaired) electrons. The molecule has 0 atom stereocenters. The molecule has 30 heavy (non-hydrogen) atoms. The standard InChI is InChI=1S/C25H25N3O2/c1-17-8-13-21(18(2)14-17)27-25(29)16-28-23-7-5-4-6-22(23)26-24(28)15-19-9-11-20(30-3)12-10-19/h4-14H,15-16H2,1-3H3,(H,27,29). The van der Waals surface area contributed by atoms with E-state index >= 15 is 0 Å². The van der Waals surface area contributed by atoms with E-state index in [1.807, 2.05) is 79.1 Å². The number of aromatic nitrogens is 2. The van der Waals surface area contributed by atoms with Crippen LogP contribution in [0.2, 0.25) is 0 Å². The van der Waals surface area contributed by atoms with Crippen LogP contribution in [0.15, 0.2) is 66.7 Å². The maximum absolute atomic E-state index is 12.9. The molecule has 0 aliphatic rings. The summed E-state index contributed by atoms with van der Waals surface area (Å²) < 4.78 is 7.24. The molecular weight excluding hydrogens is 374 g/mol. The summed E-state index contributed by atoms with van der Waals surface area (Å²) >= 11 is 0. The normalized spacial score (nSPS) is 10.9. The van der Waals surface area contributed by atoms with Crippen LogP contribution in [-0.4, -0.2) is 22.6 Å². The van der Waals surface area contributed by atoms with Crippen LogP contribution in [0.25, 0.3) is 11.0 Å². The lowest BCUT2D eigenvalue weighted by Crippen LogP contribution is -2.20. The van der Waals surface area contributed by atoms with E-state index in [2.05, 4.69) is 11.4 Å². The van der Waals surface area contributed by atoms with Crippen LogP contribution < -0.4 is 10.1 Å². The fourth-order valence-electron chi connectivity index (χ4n) is 3.65. The van der Waals surface area contributed by atoms with Gasteiger partial charge < -0.3 is 14.6 Å². The number of fused-ring (bicyclic) bond motifs is 1. The summed E-state index contributed by atoms with van der Waals surface area (Å²) in [4.78, 5) is 17.7. The van der Waals surface area contributed by atoms with Gasteiger partial charge in [0.25, 0.3) is 0 Å². The lowest BCUT2D eigenvalue weighted by atomic mass is 10.1. The molecule has 152 valence electrons. The lowest BCUT2D eigenvalue weighted by molar-refractivity contribution is -0.116. The molecule has 1 N–H and O–H groups in total. The van der Waals surface area contributed by atoms with Gasteiger partial charge in [0.2, 0.25) is 5.91 Å². The first kappa shape index (κ1) is 19.7. The Labute approximate surface area is 176 Å². The maximum atomic E-state index is 12.9. The summed E-state index contributed by atoms with van der Waals surface area (Å²) in [6.07, 6.45) is 0.634. The third kappa shape index (κ3) is 4.20. The number of imidazole rings is 1. The van der Waals surface area contributed by atoms with Crippen LogP contribution in [0.4, 0.5) is 5.69 Å². The largest absolute Gasteiger partial charge is 0.497 e. The molecule has 4 rings (SSSR count). The number of carbonyl (C=O) groups excluding carboxylic acids is 1. The van der Waals surface area contributed by atoms with E-state index in [1.165, 1.54) is 5.56 Å². The molecule has 0 saturated carbocycles. The average Bonchev–Trinajstić information content (AvgIpc) is 3.07. The van der Waals surface area contributed by atoms with Crippen molar-refractivity contribution in [1.82, 2.24) is 9.55 Å². The van der Waals surface area contributed by atoms with Gasteiger partial charge in [0.05, 0.1) is 18.1 Å². The minimum Gasteiger partial charge on any atom is -0.497 e. The molecule has 0 fully saturated rings. The minimum atomic E-state index is -0.0684. The fourth-order valence-corrected chi connectivity index (χ4v) is 3.65. The highest BCUT2D eigenvalue weighted by Gasteiger charge is 2.15. The van der Waals surface area contributed by atoms with Crippen molar-refractivity contribution in [1.29, 1.82) is 0 Å². The highest BCUT2D eigenvalue weighted by atomic mass is 16.5. The number of benzene rings is 3. The van der Waals surface area contributed by atoms with E-state index in [0.29, 0.717) is 6.42 Å². The van der Waals surface area contributed by atoms with Crippen LogP contribution >= 0.6 is 0 Å². The highest BCUT2D eigenvalue weighted by Crippen LogP contribution is 2.21. The Bertz CT molecular complexity index is 1190. The van der Waals surface area contributed by atoms with Crippen molar-refractivity contribution in [2.24, 2.45) is 0 Å². The smallest absolute Gasteiger partial charge is 0.244 e. The Balaban J connectivity index is 1.61. The van der Waals surface area contributed by atoms with Crippen molar-refractivity contribution < 1.29 is 9.53 Å². The number of anilines is 1. The predicted molar refractivity (Wildman–Crippen MR) is 120 cm³/mol. The molecule has 1 heterocycles. The zero-order chi connectivity index (χ0) is 21.1. The van der Waals surface area contributed by atoms with Crippen molar-refractivity contribution >= 4 is 22.6 Å². The molecule has 1 amide bonds. The number of ether oxygens (including phenoxy) is 1. The third-order valence-electron chi connectivity index (χ3n) is 5.21. The number of aryl methyl sites for hydroxylation is 2. The average molecular weight is 399 g/mol. The van der Waals surface area contributed by atoms with E-state index in [0.717, 1.165) is 39.4 Å². The zero-order valence-corrected chi connectivity index (χ0v) is 17.5. The molecule has 0 saturated heterocycles. The quantitative estimate of drug-likeness (QED) is 0.502. The fraction of sp³-hybridized carbons (Fsp3) is 0.200. The summed E-state index contributed by atoms with van der Waals surface area (Å²) in [6, 6.07) is 21.9. The van der Waals surface area contributed by atoms with E-state index in [9.17, 15) is 4.79 Å². The van der Waals surface area contributed by atoms with Gasteiger partial charge in [-0.1, -0.05) is 42.0 Å². The second-order valence-corrected chi connectivity index (χ2v) is 7.49. The maximum Gasteiger partial charge on any atom is 0.244 e. The van der Waals surface area contributed by atoms with Crippen LogP contribution in [-0.2, 0) is 17.8 Å². The Morgan fingerprint density at radius 1 is 1.03 bits per heavy atom. The Kier molecular flexibility index (Phi) is 5.53. The molecule has 3 aromatic carbocycles. The lowest BCUT2D eigenvalue weighted by Gasteiger charge is -2.12. The topological polar surface area (TPSA) is 56.2 Å². The first-order valence-corrected chi connectivity index (χ1v) is 9.97. The minimum absolute atomic E-state index is 0.0684. The van der Waals surface area contributed by atoms with Gasteiger partial charge in [-0.3, -0.25) is 4.79 Å². The summed E-state index contributed by atoms with van der Waals surface area (Å²) in [6.45, 7) is 4.26. The highest BCUT2D eigenvalue weighted by molar-refractivity contribution is 5.92. The summed E-state index contributed by atoms with van der Waals surface area (Å²) in [7, 11) is 1.66. The molecule has 4 aromatic rings. The van der Waals surface area contributed by atoms with E-state index in [4.69, 9.17) is 9.72 Å². The number of nitrogens with zero attached hydrogens (tertiary/aromatic N) is 2. The first-order chi connectivity index (χ1) is 14.5. The van der Waals surface area contributed by atoms with Gasteiger partial charge >= 0.3 is 0 Å². The zero-order valence-electron chi connectivity index (χ0n) is 17.5. The Morgan fingerprint density at radius 2 is 1.80 bits per heavy atom. The first-order valence-electron chi connectivity index (χ1n) is 9.97.